The summed E-state index contributed by atoms with van der Waals surface area (Å²) in [6.45, 7) is 7.97. The molecule has 7 rings (SSSR count). The second-order valence-corrected chi connectivity index (χ2v) is 14.1. The number of pyridine rings is 2. The van der Waals surface area contributed by atoms with Crippen LogP contribution in [0.2, 0.25) is 0 Å². The van der Waals surface area contributed by atoms with Crippen molar-refractivity contribution in [3.63, 3.8) is 0 Å². The van der Waals surface area contributed by atoms with E-state index in [1.54, 1.807) is 11.8 Å². The molecule has 1 atom stereocenters. The molecule has 0 bridgehead atoms. The van der Waals surface area contributed by atoms with Crippen LogP contribution in [0.5, 0.6) is 5.75 Å². The predicted molar refractivity (Wildman–Crippen MR) is 160 cm³/mol. The summed E-state index contributed by atoms with van der Waals surface area (Å²) in [5.74, 6) is 2.48. The highest BCUT2D eigenvalue weighted by Gasteiger charge is 2.49. The molecule has 10 nitrogen and oxygen atoms in total. The van der Waals surface area contributed by atoms with Gasteiger partial charge in [-0.25, -0.2) is 19.7 Å². The van der Waals surface area contributed by atoms with Crippen LogP contribution in [0.4, 0.5) is 16.4 Å². The van der Waals surface area contributed by atoms with Crippen LogP contribution < -0.4 is 20.3 Å². The number of piperidine rings is 1. The fraction of sp³-hybridized carbons (Fsp3) is 0.516. The molecule has 2 N–H and O–H groups in total. The van der Waals surface area contributed by atoms with Gasteiger partial charge in [-0.3, -0.25) is 4.98 Å². The Hall–Kier alpha value is -3.60. The number of nitrogens with one attached hydrogen (secondary N) is 2. The topological polar surface area (TPSA) is 114 Å². The highest BCUT2D eigenvalue weighted by atomic mass is 32.2. The van der Waals surface area contributed by atoms with Crippen molar-refractivity contribution >= 4 is 29.5 Å². The molecule has 2 spiro atoms. The van der Waals surface area contributed by atoms with E-state index in [-0.39, 0.29) is 23.1 Å². The molecule has 11 heteroatoms. The summed E-state index contributed by atoms with van der Waals surface area (Å²) < 4.78 is 11.8. The lowest BCUT2D eigenvalue weighted by molar-refractivity contribution is 0.0428. The molecule has 1 amide bonds. The quantitative estimate of drug-likeness (QED) is 0.402. The number of aromatic nitrogens is 4. The van der Waals surface area contributed by atoms with E-state index >= 15 is 0 Å². The number of anilines is 2. The van der Waals surface area contributed by atoms with E-state index in [0.717, 1.165) is 83.8 Å². The summed E-state index contributed by atoms with van der Waals surface area (Å²) in [7, 11) is 0. The van der Waals surface area contributed by atoms with Gasteiger partial charge in [-0.05, 0) is 77.0 Å². The number of carbonyl (C=O) groups is 1. The van der Waals surface area contributed by atoms with Crippen LogP contribution >= 0.6 is 11.8 Å². The predicted octanol–water partition coefficient (Wildman–Crippen LogP) is 5.55. The molecule has 0 unspecified atom stereocenters. The van der Waals surface area contributed by atoms with Crippen LogP contribution in [0.1, 0.15) is 70.2 Å². The van der Waals surface area contributed by atoms with E-state index in [0.29, 0.717) is 6.61 Å². The van der Waals surface area contributed by atoms with E-state index < -0.39 is 5.60 Å². The fourth-order valence-electron chi connectivity index (χ4n) is 6.68. The van der Waals surface area contributed by atoms with Crippen LogP contribution in [0, 0.1) is 5.41 Å². The zero-order chi connectivity index (χ0) is 29.0. The van der Waals surface area contributed by atoms with Crippen LogP contribution in [-0.4, -0.2) is 56.9 Å². The Morgan fingerprint density at radius 3 is 2.64 bits per heavy atom. The number of ether oxygens (including phenoxy) is 2. The summed E-state index contributed by atoms with van der Waals surface area (Å²) in [5.41, 5.74) is 1.55. The number of amides is 1. The van der Waals surface area contributed by atoms with E-state index in [1.807, 2.05) is 57.7 Å². The van der Waals surface area contributed by atoms with Gasteiger partial charge in [0.25, 0.3) is 0 Å². The van der Waals surface area contributed by atoms with Gasteiger partial charge < -0.3 is 25.0 Å². The van der Waals surface area contributed by atoms with Gasteiger partial charge in [-0.2, -0.15) is 0 Å². The molecule has 0 aromatic carbocycles. The van der Waals surface area contributed by atoms with Gasteiger partial charge in [-0.15, -0.1) is 0 Å². The summed E-state index contributed by atoms with van der Waals surface area (Å²) in [6, 6.07) is 5.87. The molecule has 2 fully saturated rings. The minimum absolute atomic E-state index is 0.0569. The Bertz CT molecular complexity index is 1480. The Morgan fingerprint density at radius 2 is 1.93 bits per heavy atom. The van der Waals surface area contributed by atoms with Gasteiger partial charge in [0.2, 0.25) is 0 Å². The average Bonchev–Trinajstić information content (AvgIpc) is 3.24. The SMILES string of the molecule is CC(C)(C)OC(=O)N[C@@H]1c2cccnc2CC12CCN(c1cnc(Sc3ccnc4c3OCC3(CCC3)N4)cn1)CC2. The zero-order valence-corrected chi connectivity index (χ0v) is 25.2. The molecule has 2 aliphatic heterocycles. The van der Waals surface area contributed by atoms with Gasteiger partial charge in [0.15, 0.2) is 11.6 Å². The summed E-state index contributed by atoms with van der Waals surface area (Å²) in [4.78, 5) is 34.8. The van der Waals surface area contributed by atoms with Crippen molar-refractivity contribution in [1.82, 2.24) is 25.3 Å². The van der Waals surface area contributed by atoms with Gasteiger partial charge in [0.05, 0.1) is 28.9 Å². The van der Waals surface area contributed by atoms with E-state index in [9.17, 15) is 4.79 Å². The van der Waals surface area contributed by atoms with Gasteiger partial charge in [0.1, 0.15) is 23.1 Å². The highest BCUT2D eigenvalue weighted by Crippen LogP contribution is 2.52. The first-order valence-corrected chi connectivity index (χ1v) is 15.6. The highest BCUT2D eigenvalue weighted by molar-refractivity contribution is 7.99. The van der Waals surface area contributed by atoms with E-state index in [2.05, 4.69) is 31.6 Å². The number of fused-ring (bicyclic) bond motifs is 2. The monoisotopic (exact) mass is 587 g/mol. The molecule has 5 heterocycles. The molecule has 1 saturated carbocycles. The molecule has 3 aromatic rings. The summed E-state index contributed by atoms with van der Waals surface area (Å²) >= 11 is 1.55. The standard InChI is InChI=1S/C31H37N7O3S/c1-29(2,3)41-28(39)36-26-20-6-4-12-32-21(20)16-30(26)10-14-38(15-11-30)23-17-35-24(18-34-23)42-22-7-13-33-27-25(22)40-19-31(37-27)8-5-9-31/h4,6-7,12-13,17-18,26H,5,8-11,14-16,19H2,1-3H3,(H,33,37)(H,36,39)/t26-/m1/s1. The third-order valence-electron chi connectivity index (χ3n) is 9.00. The van der Waals surface area contributed by atoms with Crippen molar-refractivity contribution in [2.24, 2.45) is 5.41 Å². The zero-order valence-electron chi connectivity index (χ0n) is 24.4. The minimum Gasteiger partial charge on any atom is -0.486 e. The number of hydrogen-bond acceptors (Lipinski definition) is 10. The normalized spacial score (nSPS) is 21.5. The van der Waals surface area contributed by atoms with Crippen molar-refractivity contribution < 1.29 is 14.3 Å². The maximum absolute atomic E-state index is 12.8. The fourth-order valence-corrected chi connectivity index (χ4v) is 7.49. The Kier molecular flexibility index (Phi) is 6.67. The average molecular weight is 588 g/mol. The summed E-state index contributed by atoms with van der Waals surface area (Å²) in [6.07, 6.45) is 13.1. The van der Waals surface area contributed by atoms with Gasteiger partial charge >= 0.3 is 6.09 Å². The Balaban J connectivity index is 1.02. The van der Waals surface area contributed by atoms with Gasteiger partial charge in [-0.1, -0.05) is 17.8 Å². The van der Waals surface area contributed by atoms with Crippen LogP contribution in [0.15, 0.2) is 52.9 Å². The first kappa shape index (κ1) is 27.2. The number of nitrogens with zero attached hydrogens (tertiary/aromatic N) is 5. The third-order valence-corrected chi connectivity index (χ3v) is 9.96. The lowest BCUT2D eigenvalue weighted by Gasteiger charge is -2.45. The Morgan fingerprint density at radius 1 is 1.10 bits per heavy atom. The van der Waals surface area contributed by atoms with Gasteiger partial charge in [0, 0.05) is 36.6 Å². The molecular weight excluding hydrogens is 550 g/mol. The third kappa shape index (κ3) is 5.12. The number of hydrogen-bond donors (Lipinski definition) is 2. The minimum atomic E-state index is -0.556. The van der Waals surface area contributed by atoms with Crippen molar-refractivity contribution in [3.05, 3.63) is 54.2 Å². The summed E-state index contributed by atoms with van der Waals surface area (Å²) in [5, 5.41) is 7.62. The second-order valence-electron chi connectivity index (χ2n) is 13.0. The molecule has 0 radical (unpaired) electrons. The van der Waals surface area contributed by atoms with Crippen molar-refractivity contribution in [3.8, 4) is 5.75 Å². The first-order valence-electron chi connectivity index (χ1n) is 14.8. The molecule has 4 aliphatic rings. The maximum Gasteiger partial charge on any atom is 0.408 e. The second kappa shape index (κ2) is 10.3. The number of rotatable bonds is 4. The molecular formula is C31H37N7O3S. The molecule has 3 aromatic heterocycles. The lowest BCUT2D eigenvalue weighted by atomic mass is 9.73. The van der Waals surface area contributed by atoms with E-state index in [1.165, 1.54) is 6.42 Å². The smallest absolute Gasteiger partial charge is 0.408 e. The maximum atomic E-state index is 12.8. The first-order chi connectivity index (χ1) is 20.2. The lowest BCUT2D eigenvalue weighted by Crippen LogP contribution is -2.52. The van der Waals surface area contributed by atoms with Crippen LogP contribution in [0.3, 0.4) is 0 Å². The van der Waals surface area contributed by atoms with Crippen molar-refractivity contribution in [1.29, 1.82) is 0 Å². The van der Waals surface area contributed by atoms with Crippen molar-refractivity contribution in [2.75, 3.05) is 29.9 Å². The van der Waals surface area contributed by atoms with Crippen molar-refractivity contribution in [2.45, 2.75) is 86.4 Å². The van der Waals surface area contributed by atoms with Crippen LogP contribution in [0.25, 0.3) is 0 Å². The van der Waals surface area contributed by atoms with Crippen LogP contribution in [-0.2, 0) is 11.2 Å². The number of carbonyl (C=O) groups excluding carboxylic acids is 1. The Labute approximate surface area is 250 Å². The molecule has 2 aliphatic carbocycles. The number of alkyl carbamates (subject to hydrolysis) is 1. The van der Waals surface area contributed by atoms with E-state index in [4.69, 9.17) is 19.4 Å². The largest absolute Gasteiger partial charge is 0.486 e. The molecule has 220 valence electrons. The molecule has 1 saturated heterocycles. The molecule has 42 heavy (non-hydrogen) atoms.